The number of nitrogens with one attached hydrogen (secondary N) is 1. The van der Waals surface area contributed by atoms with E-state index in [0.717, 1.165) is 0 Å². The number of nitrogens with zero attached hydrogens (tertiary/aromatic N) is 1. The van der Waals surface area contributed by atoms with E-state index in [9.17, 15) is 17.6 Å². The Labute approximate surface area is 176 Å². The molecule has 164 valence electrons. The van der Waals surface area contributed by atoms with E-state index in [0.29, 0.717) is 36.6 Å². The summed E-state index contributed by atoms with van der Waals surface area (Å²) in [5.41, 5.74) is 0.366. The first-order chi connectivity index (χ1) is 14.2. The Morgan fingerprint density at radius 3 is 2.57 bits per heavy atom. The molecule has 7 nitrogen and oxygen atoms in total. The molecule has 3 rings (SSSR count). The molecular weight excluding hydrogens is 411 g/mol. The fourth-order valence-electron chi connectivity index (χ4n) is 3.45. The Bertz CT molecular complexity index is 965. The van der Waals surface area contributed by atoms with Gasteiger partial charge in [-0.3, -0.25) is 4.79 Å². The third-order valence-corrected chi connectivity index (χ3v) is 6.67. The van der Waals surface area contributed by atoms with E-state index < -0.39 is 10.0 Å². The summed E-state index contributed by atoms with van der Waals surface area (Å²) in [6, 6.07) is 9.69. The normalized spacial score (nSPS) is 20.2. The van der Waals surface area contributed by atoms with Gasteiger partial charge in [-0.1, -0.05) is 12.1 Å². The van der Waals surface area contributed by atoms with Gasteiger partial charge in [-0.05, 0) is 38.1 Å². The molecule has 0 radical (unpaired) electrons. The SMILES string of the molecule is C[C@H]1CN(S(=O)(=O)CCNC(=O)CCc2ccc(-c3ccccc3F)o2)C[C@H](C)O1. The van der Waals surface area contributed by atoms with Crippen LogP contribution in [-0.4, -0.2) is 56.2 Å². The smallest absolute Gasteiger partial charge is 0.220 e. The number of rotatable bonds is 8. The molecule has 1 aliphatic rings. The summed E-state index contributed by atoms with van der Waals surface area (Å²) in [4.78, 5) is 12.1. The molecule has 2 heterocycles. The maximum absolute atomic E-state index is 13.8. The van der Waals surface area contributed by atoms with Crippen molar-refractivity contribution in [3.8, 4) is 11.3 Å². The quantitative estimate of drug-likeness (QED) is 0.684. The second kappa shape index (κ2) is 9.72. The van der Waals surface area contributed by atoms with Crippen molar-refractivity contribution in [3.63, 3.8) is 0 Å². The molecule has 1 saturated heterocycles. The number of hydrogen-bond acceptors (Lipinski definition) is 5. The summed E-state index contributed by atoms with van der Waals surface area (Å²) in [6.07, 6.45) is 0.183. The van der Waals surface area contributed by atoms with Crippen molar-refractivity contribution in [2.75, 3.05) is 25.4 Å². The lowest BCUT2D eigenvalue weighted by Crippen LogP contribution is -2.49. The van der Waals surface area contributed by atoms with Crippen LogP contribution in [0.5, 0.6) is 0 Å². The van der Waals surface area contributed by atoms with Gasteiger partial charge in [0, 0.05) is 32.5 Å². The zero-order valence-corrected chi connectivity index (χ0v) is 18.0. The number of carbonyl (C=O) groups is 1. The van der Waals surface area contributed by atoms with Crippen LogP contribution in [0.25, 0.3) is 11.3 Å². The zero-order valence-electron chi connectivity index (χ0n) is 17.1. The first kappa shape index (κ1) is 22.5. The van der Waals surface area contributed by atoms with Crippen molar-refractivity contribution in [2.45, 2.75) is 38.9 Å². The molecule has 0 saturated carbocycles. The number of carbonyl (C=O) groups excluding carboxylic acids is 1. The summed E-state index contributed by atoms with van der Waals surface area (Å²) in [5, 5.41) is 2.64. The van der Waals surface area contributed by atoms with E-state index in [1.54, 1.807) is 30.3 Å². The number of ether oxygens (including phenoxy) is 1. The van der Waals surface area contributed by atoms with E-state index in [1.165, 1.54) is 10.4 Å². The fourth-order valence-corrected chi connectivity index (χ4v) is 4.94. The van der Waals surface area contributed by atoms with E-state index in [4.69, 9.17) is 9.15 Å². The third kappa shape index (κ3) is 5.90. The molecule has 0 unspecified atom stereocenters. The standard InChI is InChI=1S/C21H27FN2O5S/c1-15-13-24(14-16(2)28-15)30(26,27)12-11-23-21(25)10-8-17-7-9-20(29-17)18-5-3-4-6-19(18)22/h3-7,9,15-16H,8,10-14H2,1-2H3,(H,23,25)/t15-,16-/m0/s1. The molecular formula is C21H27FN2O5S. The molecule has 1 aromatic heterocycles. The van der Waals surface area contributed by atoms with Crippen LogP contribution in [0.3, 0.4) is 0 Å². The van der Waals surface area contributed by atoms with Gasteiger partial charge in [-0.25, -0.2) is 12.8 Å². The summed E-state index contributed by atoms with van der Waals surface area (Å²) in [7, 11) is -3.46. The fraction of sp³-hybridized carbons (Fsp3) is 0.476. The van der Waals surface area contributed by atoms with E-state index in [1.807, 2.05) is 13.8 Å². The van der Waals surface area contributed by atoms with Gasteiger partial charge in [0.05, 0.1) is 23.5 Å². The Kier molecular flexibility index (Phi) is 7.27. The number of halogens is 1. The predicted molar refractivity (Wildman–Crippen MR) is 111 cm³/mol. The maximum Gasteiger partial charge on any atom is 0.220 e. The lowest BCUT2D eigenvalue weighted by Gasteiger charge is -2.34. The highest BCUT2D eigenvalue weighted by atomic mass is 32.2. The molecule has 2 aromatic rings. The third-order valence-electron chi connectivity index (χ3n) is 4.86. The molecule has 1 amide bonds. The van der Waals surface area contributed by atoms with Crippen molar-refractivity contribution in [1.29, 1.82) is 0 Å². The van der Waals surface area contributed by atoms with Crippen LogP contribution in [0.2, 0.25) is 0 Å². The van der Waals surface area contributed by atoms with Gasteiger partial charge in [-0.15, -0.1) is 0 Å². The lowest BCUT2D eigenvalue weighted by atomic mass is 10.1. The average molecular weight is 439 g/mol. The molecule has 1 N–H and O–H groups in total. The molecule has 2 atom stereocenters. The number of benzene rings is 1. The maximum atomic E-state index is 13.8. The topological polar surface area (TPSA) is 88.9 Å². The molecule has 0 bridgehead atoms. The molecule has 1 fully saturated rings. The highest BCUT2D eigenvalue weighted by Crippen LogP contribution is 2.25. The van der Waals surface area contributed by atoms with Crippen LogP contribution >= 0.6 is 0 Å². The van der Waals surface area contributed by atoms with Crippen LogP contribution in [0.4, 0.5) is 4.39 Å². The van der Waals surface area contributed by atoms with Gasteiger partial charge in [0.2, 0.25) is 15.9 Å². The average Bonchev–Trinajstić information content (AvgIpc) is 3.14. The number of morpholine rings is 1. The van der Waals surface area contributed by atoms with E-state index >= 15 is 0 Å². The van der Waals surface area contributed by atoms with E-state index in [-0.39, 0.29) is 42.7 Å². The predicted octanol–water partition coefficient (Wildman–Crippen LogP) is 2.57. The molecule has 30 heavy (non-hydrogen) atoms. The monoisotopic (exact) mass is 438 g/mol. The minimum absolute atomic E-state index is 0.0416. The summed E-state index contributed by atoms with van der Waals surface area (Å²) in [6.45, 7) is 4.37. The van der Waals surface area contributed by atoms with Crippen molar-refractivity contribution in [2.24, 2.45) is 0 Å². The Hall–Kier alpha value is -2.23. The first-order valence-corrected chi connectivity index (χ1v) is 11.6. The van der Waals surface area contributed by atoms with Crippen molar-refractivity contribution in [3.05, 3.63) is 48.0 Å². The molecule has 1 aliphatic heterocycles. The number of sulfonamides is 1. The molecule has 1 aromatic carbocycles. The summed E-state index contributed by atoms with van der Waals surface area (Å²) in [5.74, 6) is 0.172. The second-order valence-electron chi connectivity index (χ2n) is 7.49. The Morgan fingerprint density at radius 2 is 1.87 bits per heavy atom. The van der Waals surface area contributed by atoms with Crippen molar-refractivity contribution in [1.82, 2.24) is 9.62 Å². The molecule has 0 spiro atoms. The minimum Gasteiger partial charge on any atom is -0.461 e. The van der Waals surface area contributed by atoms with Crippen LogP contribution in [0.15, 0.2) is 40.8 Å². The Balaban J connectivity index is 1.44. The lowest BCUT2D eigenvalue weighted by molar-refractivity contribution is -0.121. The Morgan fingerprint density at radius 1 is 1.17 bits per heavy atom. The van der Waals surface area contributed by atoms with Crippen LogP contribution < -0.4 is 5.32 Å². The summed E-state index contributed by atoms with van der Waals surface area (Å²) < 4.78 is 51.4. The number of amides is 1. The van der Waals surface area contributed by atoms with E-state index in [2.05, 4.69) is 5.32 Å². The van der Waals surface area contributed by atoms with Gasteiger partial charge in [-0.2, -0.15) is 4.31 Å². The van der Waals surface area contributed by atoms with Crippen LogP contribution in [0.1, 0.15) is 26.0 Å². The van der Waals surface area contributed by atoms with Gasteiger partial charge in [0.1, 0.15) is 17.3 Å². The zero-order chi connectivity index (χ0) is 21.7. The number of hydrogen-bond donors (Lipinski definition) is 1. The first-order valence-electron chi connectivity index (χ1n) is 9.98. The highest BCUT2D eigenvalue weighted by molar-refractivity contribution is 7.89. The van der Waals surface area contributed by atoms with Gasteiger partial charge >= 0.3 is 0 Å². The van der Waals surface area contributed by atoms with Crippen LogP contribution in [0, 0.1) is 5.82 Å². The number of aryl methyl sites for hydroxylation is 1. The minimum atomic E-state index is -3.46. The van der Waals surface area contributed by atoms with Crippen molar-refractivity contribution >= 4 is 15.9 Å². The molecule has 0 aliphatic carbocycles. The van der Waals surface area contributed by atoms with Crippen LogP contribution in [-0.2, 0) is 26.0 Å². The molecule has 9 heteroatoms. The van der Waals surface area contributed by atoms with Gasteiger partial charge in [0.25, 0.3) is 0 Å². The van der Waals surface area contributed by atoms with Gasteiger partial charge < -0.3 is 14.5 Å². The van der Waals surface area contributed by atoms with Crippen molar-refractivity contribution < 1.29 is 26.8 Å². The highest BCUT2D eigenvalue weighted by Gasteiger charge is 2.30. The number of furan rings is 1. The second-order valence-corrected chi connectivity index (χ2v) is 9.57. The summed E-state index contributed by atoms with van der Waals surface area (Å²) >= 11 is 0. The largest absolute Gasteiger partial charge is 0.461 e. The van der Waals surface area contributed by atoms with Gasteiger partial charge in [0.15, 0.2) is 0 Å².